The van der Waals surface area contributed by atoms with Crippen LogP contribution >= 0.6 is 11.6 Å². The maximum absolute atomic E-state index is 11.1. The van der Waals surface area contributed by atoms with Crippen molar-refractivity contribution in [3.05, 3.63) is 22.7 Å². The second-order valence-corrected chi connectivity index (χ2v) is 3.27. The molecule has 0 atom stereocenters. The van der Waals surface area contributed by atoms with Crippen molar-refractivity contribution >= 4 is 23.4 Å². The summed E-state index contributed by atoms with van der Waals surface area (Å²) in [6, 6.07) is 3.39. The van der Waals surface area contributed by atoms with Crippen molar-refractivity contribution < 1.29 is 14.3 Å². The van der Waals surface area contributed by atoms with Gasteiger partial charge in [-0.05, 0) is 19.1 Å². The molecule has 0 unspecified atom stereocenters. The zero-order valence-electron chi connectivity index (χ0n) is 8.76. The molecule has 1 N–H and O–H groups in total. The number of benzene rings is 1. The van der Waals surface area contributed by atoms with E-state index in [9.17, 15) is 4.79 Å². The zero-order valence-corrected chi connectivity index (χ0v) is 9.51. The van der Waals surface area contributed by atoms with Gasteiger partial charge >= 0.3 is 6.09 Å². The monoisotopic (exact) mass is 229 g/mol. The van der Waals surface area contributed by atoms with Gasteiger partial charge in [0.25, 0.3) is 0 Å². The topological polar surface area (TPSA) is 47.6 Å². The SMILES string of the molecule is COC(=O)Nc1c(Cl)ccc(OC)c1C. The summed E-state index contributed by atoms with van der Waals surface area (Å²) in [5.41, 5.74) is 1.26. The summed E-state index contributed by atoms with van der Waals surface area (Å²) in [7, 11) is 2.84. The first-order valence-electron chi connectivity index (χ1n) is 4.28. The summed E-state index contributed by atoms with van der Waals surface area (Å²) >= 11 is 5.93. The van der Waals surface area contributed by atoms with Crippen molar-refractivity contribution in [2.24, 2.45) is 0 Å². The van der Waals surface area contributed by atoms with Crippen LogP contribution in [0.5, 0.6) is 5.75 Å². The van der Waals surface area contributed by atoms with Crippen LogP contribution in [0.4, 0.5) is 10.5 Å². The Morgan fingerprint density at radius 1 is 1.40 bits per heavy atom. The van der Waals surface area contributed by atoms with E-state index in [1.807, 2.05) is 0 Å². The molecule has 1 aromatic rings. The van der Waals surface area contributed by atoms with Crippen LogP contribution in [0.3, 0.4) is 0 Å². The third-order valence-electron chi connectivity index (χ3n) is 2.00. The number of hydrogen-bond donors (Lipinski definition) is 1. The molecule has 0 fully saturated rings. The van der Waals surface area contributed by atoms with Crippen LogP contribution in [0.15, 0.2) is 12.1 Å². The van der Waals surface area contributed by atoms with Crippen LogP contribution in [-0.4, -0.2) is 20.3 Å². The largest absolute Gasteiger partial charge is 0.496 e. The maximum atomic E-state index is 11.1. The van der Waals surface area contributed by atoms with Crippen LogP contribution in [0.2, 0.25) is 5.02 Å². The minimum absolute atomic E-state index is 0.443. The molecular weight excluding hydrogens is 218 g/mol. The van der Waals surface area contributed by atoms with Gasteiger partial charge in [0, 0.05) is 5.56 Å². The number of rotatable bonds is 2. The minimum Gasteiger partial charge on any atom is -0.496 e. The second-order valence-electron chi connectivity index (χ2n) is 2.87. The molecule has 0 aliphatic carbocycles. The van der Waals surface area contributed by atoms with Crippen LogP contribution < -0.4 is 10.1 Å². The van der Waals surface area contributed by atoms with Gasteiger partial charge in [-0.25, -0.2) is 4.79 Å². The molecule has 0 saturated heterocycles. The van der Waals surface area contributed by atoms with Gasteiger partial charge in [0.05, 0.1) is 24.9 Å². The second kappa shape index (κ2) is 4.89. The third-order valence-corrected chi connectivity index (χ3v) is 2.31. The quantitative estimate of drug-likeness (QED) is 0.848. The van der Waals surface area contributed by atoms with Crippen LogP contribution in [-0.2, 0) is 4.74 Å². The van der Waals surface area contributed by atoms with E-state index >= 15 is 0 Å². The summed E-state index contributed by atoms with van der Waals surface area (Å²) in [5.74, 6) is 0.658. The molecule has 0 radical (unpaired) electrons. The highest BCUT2D eigenvalue weighted by atomic mass is 35.5. The van der Waals surface area contributed by atoms with Crippen molar-refractivity contribution in [3.63, 3.8) is 0 Å². The Labute approximate surface area is 93.1 Å². The number of carbonyl (C=O) groups excluding carboxylic acids is 1. The number of nitrogens with one attached hydrogen (secondary N) is 1. The Morgan fingerprint density at radius 2 is 2.07 bits per heavy atom. The Balaban J connectivity index is 3.09. The molecule has 82 valence electrons. The van der Waals surface area contributed by atoms with E-state index in [4.69, 9.17) is 16.3 Å². The number of amides is 1. The first kappa shape index (κ1) is 11.7. The van der Waals surface area contributed by atoms with Crippen molar-refractivity contribution in [2.75, 3.05) is 19.5 Å². The van der Waals surface area contributed by atoms with E-state index < -0.39 is 6.09 Å². The number of ether oxygens (including phenoxy) is 2. The molecule has 4 nitrogen and oxygen atoms in total. The summed E-state index contributed by atoms with van der Waals surface area (Å²) in [6.45, 7) is 1.80. The molecule has 5 heteroatoms. The van der Waals surface area contributed by atoms with Crippen LogP contribution in [0.25, 0.3) is 0 Å². The molecule has 1 aromatic carbocycles. The van der Waals surface area contributed by atoms with Gasteiger partial charge in [0.2, 0.25) is 0 Å². The lowest BCUT2D eigenvalue weighted by Crippen LogP contribution is -2.12. The lowest BCUT2D eigenvalue weighted by Gasteiger charge is -2.12. The third kappa shape index (κ3) is 2.53. The summed E-state index contributed by atoms with van der Waals surface area (Å²) in [5, 5.41) is 2.97. The summed E-state index contributed by atoms with van der Waals surface area (Å²) in [4.78, 5) is 11.1. The number of hydrogen-bond acceptors (Lipinski definition) is 3. The van der Waals surface area contributed by atoms with Crippen LogP contribution in [0.1, 0.15) is 5.56 Å². The molecule has 0 aliphatic heterocycles. The average molecular weight is 230 g/mol. The molecule has 0 heterocycles. The number of halogens is 1. The molecular formula is C10H12ClNO3. The smallest absolute Gasteiger partial charge is 0.411 e. The molecule has 1 amide bonds. The number of carbonyl (C=O) groups is 1. The molecule has 0 aliphatic rings. The first-order chi connectivity index (χ1) is 7.10. The van der Waals surface area contributed by atoms with E-state index in [0.717, 1.165) is 5.56 Å². The maximum Gasteiger partial charge on any atom is 0.411 e. The van der Waals surface area contributed by atoms with E-state index in [1.165, 1.54) is 7.11 Å². The Hall–Kier alpha value is -1.42. The van der Waals surface area contributed by atoms with Gasteiger partial charge in [0.1, 0.15) is 5.75 Å². The predicted octanol–water partition coefficient (Wildman–Crippen LogP) is 2.84. The highest BCUT2D eigenvalue weighted by molar-refractivity contribution is 6.34. The fourth-order valence-electron chi connectivity index (χ4n) is 1.19. The van der Waals surface area contributed by atoms with Crippen molar-refractivity contribution in [1.82, 2.24) is 0 Å². The fraction of sp³-hybridized carbons (Fsp3) is 0.300. The van der Waals surface area contributed by atoms with Gasteiger partial charge in [-0.1, -0.05) is 11.6 Å². The van der Waals surface area contributed by atoms with E-state index in [-0.39, 0.29) is 0 Å². The Bertz CT molecular complexity index is 379. The highest BCUT2D eigenvalue weighted by Gasteiger charge is 2.11. The molecule has 0 saturated carbocycles. The zero-order chi connectivity index (χ0) is 11.4. The van der Waals surface area contributed by atoms with Crippen molar-refractivity contribution in [3.8, 4) is 5.75 Å². The highest BCUT2D eigenvalue weighted by Crippen LogP contribution is 2.32. The predicted molar refractivity (Wildman–Crippen MR) is 58.8 cm³/mol. The lowest BCUT2D eigenvalue weighted by molar-refractivity contribution is 0.187. The summed E-state index contributed by atoms with van der Waals surface area (Å²) < 4.78 is 9.59. The molecule has 15 heavy (non-hydrogen) atoms. The van der Waals surface area contributed by atoms with E-state index in [2.05, 4.69) is 10.1 Å². The van der Waals surface area contributed by atoms with Gasteiger partial charge < -0.3 is 9.47 Å². The van der Waals surface area contributed by atoms with E-state index in [1.54, 1.807) is 26.2 Å². The first-order valence-corrected chi connectivity index (χ1v) is 4.66. The standard InChI is InChI=1S/C10H12ClNO3/c1-6-8(14-2)5-4-7(11)9(6)12-10(13)15-3/h4-5H,1-3H3,(H,12,13). The fourth-order valence-corrected chi connectivity index (χ4v) is 1.44. The van der Waals surface area contributed by atoms with Crippen LogP contribution in [0, 0.1) is 6.92 Å². The normalized spacial score (nSPS) is 9.60. The molecule has 0 bridgehead atoms. The van der Waals surface area contributed by atoms with Gasteiger partial charge in [-0.2, -0.15) is 0 Å². The molecule has 0 aromatic heterocycles. The Kier molecular flexibility index (Phi) is 3.80. The van der Waals surface area contributed by atoms with Crippen molar-refractivity contribution in [1.29, 1.82) is 0 Å². The Morgan fingerprint density at radius 3 is 2.60 bits per heavy atom. The lowest BCUT2D eigenvalue weighted by atomic mass is 10.2. The van der Waals surface area contributed by atoms with Crippen molar-refractivity contribution in [2.45, 2.75) is 6.92 Å². The minimum atomic E-state index is -0.562. The van der Waals surface area contributed by atoms with Gasteiger partial charge in [-0.3, -0.25) is 5.32 Å². The van der Waals surface area contributed by atoms with E-state index in [0.29, 0.717) is 16.5 Å². The van der Waals surface area contributed by atoms with Gasteiger partial charge in [0.15, 0.2) is 0 Å². The van der Waals surface area contributed by atoms with Gasteiger partial charge in [-0.15, -0.1) is 0 Å². The molecule has 0 spiro atoms. The summed E-state index contributed by atoms with van der Waals surface area (Å²) in [6.07, 6.45) is -0.562. The number of methoxy groups -OCH3 is 2. The number of anilines is 1. The average Bonchev–Trinajstić information content (AvgIpc) is 2.24. The molecule has 1 rings (SSSR count).